The van der Waals surface area contributed by atoms with Gasteiger partial charge in [0.2, 0.25) is 0 Å². The van der Waals surface area contributed by atoms with Gasteiger partial charge in [0.1, 0.15) is 12.2 Å². The first kappa shape index (κ1) is 35.8. The molecule has 0 aromatic heterocycles. The predicted molar refractivity (Wildman–Crippen MR) is 181 cm³/mol. The molecule has 0 N–H and O–H groups in total. The van der Waals surface area contributed by atoms with Crippen molar-refractivity contribution in [1.82, 2.24) is 0 Å². The van der Waals surface area contributed by atoms with E-state index in [1.807, 2.05) is 0 Å². The van der Waals surface area contributed by atoms with E-state index in [0.717, 1.165) is 81.4 Å². The van der Waals surface area contributed by atoms with Crippen molar-refractivity contribution in [3.63, 3.8) is 0 Å². The SMILES string of the molecule is CCCCOCC1=C[C@@H](c2ccc(Cl)c(Cc3ccc(CC)cc3)c2)[C@H](OCCCC)[C@@H](OCCCC)[C@@H]1OCCCC. The Morgan fingerprint density at radius 2 is 1.23 bits per heavy atom. The molecule has 43 heavy (non-hydrogen) atoms. The molecule has 0 unspecified atom stereocenters. The van der Waals surface area contributed by atoms with Crippen molar-refractivity contribution in [1.29, 1.82) is 0 Å². The van der Waals surface area contributed by atoms with E-state index >= 15 is 0 Å². The van der Waals surface area contributed by atoms with E-state index in [0.29, 0.717) is 26.4 Å². The third-order valence-corrected chi connectivity index (χ3v) is 8.71. The smallest absolute Gasteiger partial charge is 0.115 e. The average Bonchev–Trinajstić information content (AvgIpc) is 3.02. The average molecular weight is 613 g/mol. The zero-order chi connectivity index (χ0) is 30.9. The van der Waals surface area contributed by atoms with E-state index in [9.17, 15) is 0 Å². The number of aryl methyl sites for hydroxylation is 1. The normalized spacial score (nSPS) is 20.4. The largest absolute Gasteiger partial charge is 0.377 e. The molecule has 5 heteroatoms. The number of benzene rings is 2. The van der Waals surface area contributed by atoms with E-state index in [1.54, 1.807) is 0 Å². The Morgan fingerprint density at radius 1 is 0.651 bits per heavy atom. The summed E-state index contributed by atoms with van der Waals surface area (Å²) in [6.45, 7) is 14.4. The molecule has 1 aliphatic carbocycles. The van der Waals surface area contributed by atoms with Crippen LogP contribution in [-0.4, -0.2) is 51.3 Å². The summed E-state index contributed by atoms with van der Waals surface area (Å²) in [5.74, 6) is 0.0118. The maximum Gasteiger partial charge on any atom is 0.115 e. The summed E-state index contributed by atoms with van der Waals surface area (Å²) in [6.07, 6.45) is 12.1. The summed E-state index contributed by atoms with van der Waals surface area (Å²) in [5.41, 5.74) is 6.12. The van der Waals surface area contributed by atoms with E-state index in [2.05, 4.69) is 83.2 Å². The number of hydrogen-bond donors (Lipinski definition) is 0. The van der Waals surface area contributed by atoms with Crippen LogP contribution >= 0.6 is 11.6 Å². The third-order valence-electron chi connectivity index (χ3n) is 8.34. The van der Waals surface area contributed by atoms with Crippen molar-refractivity contribution in [3.05, 3.63) is 81.4 Å². The maximum atomic E-state index is 6.81. The fourth-order valence-electron chi connectivity index (χ4n) is 5.58. The van der Waals surface area contributed by atoms with Gasteiger partial charge in [-0.25, -0.2) is 0 Å². The van der Waals surface area contributed by atoms with Gasteiger partial charge in [-0.05, 0) is 72.4 Å². The molecular formula is C38H57ClO4. The van der Waals surface area contributed by atoms with Crippen LogP contribution < -0.4 is 0 Å². The monoisotopic (exact) mass is 612 g/mol. The molecule has 0 amide bonds. The third kappa shape index (κ3) is 11.3. The van der Waals surface area contributed by atoms with Crippen LogP contribution in [-0.2, 0) is 31.8 Å². The molecule has 4 nitrogen and oxygen atoms in total. The molecule has 2 aromatic carbocycles. The summed E-state index contributed by atoms with van der Waals surface area (Å²) in [7, 11) is 0. The van der Waals surface area contributed by atoms with Gasteiger partial charge < -0.3 is 18.9 Å². The van der Waals surface area contributed by atoms with Crippen LogP contribution in [0.4, 0.5) is 0 Å². The van der Waals surface area contributed by atoms with E-state index < -0.39 is 0 Å². The van der Waals surface area contributed by atoms with Gasteiger partial charge in [0.05, 0.1) is 12.7 Å². The maximum absolute atomic E-state index is 6.81. The Morgan fingerprint density at radius 3 is 1.86 bits per heavy atom. The minimum atomic E-state index is -0.208. The van der Waals surface area contributed by atoms with Crippen LogP contribution in [0.1, 0.15) is 114 Å². The highest BCUT2D eigenvalue weighted by atomic mass is 35.5. The lowest BCUT2D eigenvalue weighted by molar-refractivity contribution is -0.142. The zero-order valence-electron chi connectivity index (χ0n) is 27.5. The van der Waals surface area contributed by atoms with Crippen molar-refractivity contribution in [3.8, 4) is 0 Å². The van der Waals surface area contributed by atoms with Crippen LogP contribution in [0.15, 0.2) is 54.1 Å². The number of rotatable bonds is 21. The minimum Gasteiger partial charge on any atom is -0.377 e. The molecule has 0 heterocycles. The Bertz CT molecular complexity index is 1070. The van der Waals surface area contributed by atoms with Gasteiger partial charge >= 0.3 is 0 Å². The molecule has 0 bridgehead atoms. The quantitative estimate of drug-likeness (QED) is 0.104. The molecule has 0 saturated carbocycles. The summed E-state index contributed by atoms with van der Waals surface area (Å²) < 4.78 is 26.3. The van der Waals surface area contributed by atoms with Crippen molar-refractivity contribution >= 4 is 11.6 Å². The second kappa shape index (κ2) is 20.4. The fraction of sp³-hybridized carbons (Fsp3) is 0.632. The molecule has 0 spiro atoms. The highest BCUT2D eigenvalue weighted by molar-refractivity contribution is 6.31. The van der Waals surface area contributed by atoms with Crippen molar-refractivity contribution < 1.29 is 18.9 Å². The van der Waals surface area contributed by atoms with Crippen molar-refractivity contribution in [2.45, 2.75) is 123 Å². The van der Waals surface area contributed by atoms with Crippen molar-refractivity contribution in [2.24, 2.45) is 0 Å². The van der Waals surface area contributed by atoms with Gasteiger partial charge in [-0.1, -0.05) is 114 Å². The molecular weight excluding hydrogens is 556 g/mol. The number of halogens is 1. The standard InChI is InChI=1S/C38H57ClO4/c1-6-11-21-40-28-33-27-34(31-19-20-35(39)32(26-31)25-30-17-15-29(10-5)16-18-30)37(42-23-13-8-3)38(43-24-14-9-4)36(33)41-22-12-7-2/h15-20,26-27,34,36-38H,6-14,21-25,28H2,1-5H3/t34-,36+,37-,38-/m0/s1. The van der Waals surface area contributed by atoms with E-state index in [-0.39, 0.29) is 24.2 Å². The highest BCUT2D eigenvalue weighted by Crippen LogP contribution is 2.39. The summed E-state index contributed by atoms with van der Waals surface area (Å²) in [5, 5.41) is 0.797. The van der Waals surface area contributed by atoms with Crippen LogP contribution in [0, 0.1) is 0 Å². The Kier molecular flexibility index (Phi) is 16.9. The molecule has 3 rings (SSSR count). The number of unbranched alkanes of at least 4 members (excludes halogenated alkanes) is 4. The first-order chi connectivity index (χ1) is 21.1. The highest BCUT2D eigenvalue weighted by Gasteiger charge is 2.43. The Hall–Kier alpha value is -1.69. The van der Waals surface area contributed by atoms with Crippen molar-refractivity contribution in [2.75, 3.05) is 33.0 Å². The van der Waals surface area contributed by atoms with Gasteiger partial charge in [-0.3, -0.25) is 0 Å². The van der Waals surface area contributed by atoms with Crippen LogP contribution in [0.2, 0.25) is 5.02 Å². The molecule has 4 atom stereocenters. The van der Waals surface area contributed by atoms with E-state index in [4.69, 9.17) is 30.5 Å². The molecule has 2 aromatic rings. The molecule has 240 valence electrons. The van der Waals surface area contributed by atoms with Gasteiger partial charge in [0.15, 0.2) is 0 Å². The van der Waals surface area contributed by atoms with Gasteiger partial charge in [-0.15, -0.1) is 0 Å². The lowest BCUT2D eigenvalue weighted by Gasteiger charge is -2.42. The zero-order valence-corrected chi connectivity index (χ0v) is 28.3. The first-order valence-electron chi connectivity index (χ1n) is 17.0. The van der Waals surface area contributed by atoms with Gasteiger partial charge in [-0.2, -0.15) is 0 Å². The topological polar surface area (TPSA) is 36.9 Å². The number of ether oxygens (including phenoxy) is 4. The minimum absolute atomic E-state index is 0.0118. The van der Waals surface area contributed by atoms with E-state index in [1.165, 1.54) is 22.3 Å². The van der Waals surface area contributed by atoms with Gasteiger partial charge in [0, 0.05) is 37.4 Å². The Balaban J connectivity index is 2.03. The first-order valence-corrected chi connectivity index (χ1v) is 17.4. The lowest BCUT2D eigenvalue weighted by Crippen LogP contribution is -2.50. The summed E-state index contributed by atoms with van der Waals surface area (Å²) in [6, 6.07) is 15.4. The van der Waals surface area contributed by atoms with Crippen LogP contribution in [0.25, 0.3) is 0 Å². The molecule has 0 radical (unpaired) electrons. The Labute approximate surface area is 267 Å². The van der Waals surface area contributed by atoms with Gasteiger partial charge in [0.25, 0.3) is 0 Å². The molecule has 0 saturated heterocycles. The summed E-state index contributed by atoms with van der Waals surface area (Å²) in [4.78, 5) is 0. The van der Waals surface area contributed by atoms with Crippen LogP contribution in [0.5, 0.6) is 0 Å². The predicted octanol–water partition coefficient (Wildman–Crippen LogP) is 9.89. The molecule has 0 aliphatic heterocycles. The van der Waals surface area contributed by atoms with Crippen LogP contribution in [0.3, 0.4) is 0 Å². The number of hydrogen-bond acceptors (Lipinski definition) is 4. The second-order valence-electron chi connectivity index (χ2n) is 11.9. The fourth-order valence-corrected chi connectivity index (χ4v) is 5.76. The summed E-state index contributed by atoms with van der Waals surface area (Å²) >= 11 is 6.81. The lowest BCUT2D eigenvalue weighted by atomic mass is 9.79. The molecule has 0 fully saturated rings. The second-order valence-corrected chi connectivity index (χ2v) is 12.3. The molecule has 1 aliphatic rings.